The Bertz CT molecular complexity index is 863. The Morgan fingerprint density at radius 2 is 1.68 bits per heavy atom. The predicted octanol–water partition coefficient (Wildman–Crippen LogP) is 3.88. The molecule has 1 atom stereocenters. The summed E-state index contributed by atoms with van der Waals surface area (Å²) < 4.78 is 13.5. The smallest absolute Gasteiger partial charge is 0.222 e. The molecule has 0 bridgehead atoms. The predicted molar refractivity (Wildman–Crippen MR) is 115 cm³/mol. The minimum Gasteiger partial charge on any atom is -0.368 e. The molecule has 1 fully saturated rings. The first-order valence-corrected chi connectivity index (χ1v) is 9.22. The molecule has 0 saturated carbocycles. The maximum Gasteiger partial charge on any atom is 0.222 e. The maximum absolute atomic E-state index is 13.5. The van der Waals surface area contributed by atoms with Crippen molar-refractivity contribution >= 4 is 47.3 Å². The average Bonchev–Trinajstić information content (AvgIpc) is 3.19. The van der Waals surface area contributed by atoms with Crippen LogP contribution < -0.4 is 16.0 Å². The van der Waals surface area contributed by atoms with Crippen LogP contribution in [-0.4, -0.2) is 36.2 Å². The van der Waals surface area contributed by atoms with Crippen LogP contribution in [0.1, 0.15) is 12.8 Å². The number of anilines is 2. The van der Waals surface area contributed by atoms with Gasteiger partial charge in [0.2, 0.25) is 18.2 Å². The number of rotatable bonds is 3. The van der Waals surface area contributed by atoms with Gasteiger partial charge < -0.3 is 16.0 Å². The van der Waals surface area contributed by atoms with E-state index in [2.05, 4.69) is 20.2 Å². The van der Waals surface area contributed by atoms with Gasteiger partial charge in [0.05, 0.1) is 0 Å². The van der Waals surface area contributed by atoms with Crippen molar-refractivity contribution in [2.75, 3.05) is 23.3 Å². The first-order chi connectivity index (χ1) is 13.1. The molecule has 0 amide bonds. The van der Waals surface area contributed by atoms with Crippen molar-refractivity contribution in [3.63, 3.8) is 0 Å². The summed E-state index contributed by atoms with van der Waals surface area (Å²) in [6.07, 6.45) is 1.69. The van der Waals surface area contributed by atoms with Crippen LogP contribution in [0.3, 0.4) is 0 Å². The number of halogens is 3. The van der Waals surface area contributed by atoms with Crippen LogP contribution in [0, 0.1) is 5.82 Å². The van der Waals surface area contributed by atoms with E-state index in [0.29, 0.717) is 5.02 Å². The van der Waals surface area contributed by atoms with E-state index in [9.17, 15) is 4.39 Å². The third kappa shape index (κ3) is 4.31. The standard InChI is InChI=1S/C19H20ClFN6.ClH/c20-13-3-7-15(8-4-13)23-18-24-17(22)25-19(26-11-1-2-12-26)27(18)16-9-5-14(21)6-10-16;/h3-10,18,23H,1-2,11-12H2,(H2,22,24);1H. The van der Waals surface area contributed by atoms with E-state index < -0.39 is 6.29 Å². The van der Waals surface area contributed by atoms with E-state index in [0.717, 1.165) is 43.3 Å². The number of benzene rings is 2. The number of hydrogen-bond donors (Lipinski definition) is 2. The minimum atomic E-state index is -0.510. The number of hydrogen-bond acceptors (Lipinski definition) is 6. The Hall–Kier alpha value is -2.51. The second kappa shape index (κ2) is 8.67. The molecule has 2 aromatic rings. The molecule has 0 aliphatic carbocycles. The van der Waals surface area contributed by atoms with Gasteiger partial charge in [0.15, 0.2) is 0 Å². The van der Waals surface area contributed by atoms with Crippen molar-refractivity contribution in [3.8, 4) is 0 Å². The maximum atomic E-state index is 13.5. The zero-order chi connectivity index (χ0) is 18.8. The molecule has 2 aromatic carbocycles. The number of aliphatic imine (C=N–C) groups is 2. The fraction of sp³-hybridized carbons (Fsp3) is 0.263. The summed E-state index contributed by atoms with van der Waals surface area (Å²) in [7, 11) is 0. The molecule has 1 unspecified atom stereocenters. The summed E-state index contributed by atoms with van der Waals surface area (Å²) in [4.78, 5) is 13.1. The van der Waals surface area contributed by atoms with Gasteiger partial charge in [0, 0.05) is 29.5 Å². The van der Waals surface area contributed by atoms with E-state index in [-0.39, 0.29) is 24.2 Å². The molecule has 6 nitrogen and oxygen atoms in total. The second-order valence-corrected chi connectivity index (χ2v) is 6.90. The molecule has 0 spiro atoms. The van der Waals surface area contributed by atoms with Crippen molar-refractivity contribution in [3.05, 3.63) is 59.4 Å². The van der Waals surface area contributed by atoms with Gasteiger partial charge >= 0.3 is 0 Å². The molecule has 2 aliphatic rings. The Morgan fingerprint density at radius 1 is 1.04 bits per heavy atom. The van der Waals surface area contributed by atoms with Crippen LogP contribution in [0.15, 0.2) is 58.5 Å². The lowest BCUT2D eigenvalue weighted by molar-refractivity contribution is 0.497. The van der Waals surface area contributed by atoms with Gasteiger partial charge in [0.25, 0.3) is 0 Å². The lowest BCUT2D eigenvalue weighted by atomic mass is 10.2. The summed E-state index contributed by atoms with van der Waals surface area (Å²) >= 11 is 5.98. The van der Waals surface area contributed by atoms with Gasteiger partial charge in [-0.2, -0.15) is 4.99 Å². The highest BCUT2D eigenvalue weighted by atomic mass is 35.5. The van der Waals surface area contributed by atoms with Crippen molar-refractivity contribution in [1.82, 2.24) is 4.90 Å². The largest absolute Gasteiger partial charge is 0.368 e. The highest BCUT2D eigenvalue weighted by Crippen LogP contribution is 2.26. The minimum absolute atomic E-state index is 0. The van der Waals surface area contributed by atoms with E-state index >= 15 is 0 Å². The third-order valence-corrected chi connectivity index (χ3v) is 4.81. The number of nitrogens with one attached hydrogen (secondary N) is 1. The van der Waals surface area contributed by atoms with Crippen LogP contribution >= 0.6 is 24.0 Å². The van der Waals surface area contributed by atoms with Crippen molar-refractivity contribution in [1.29, 1.82) is 0 Å². The van der Waals surface area contributed by atoms with Gasteiger partial charge in [-0.05, 0) is 61.4 Å². The zero-order valence-corrected chi connectivity index (χ0v) is 16.6. The molecule has 1 saturated heterocycles. The summed E-state index contributed by atoms with van der Waals surface area (Å²) in [6.45, 7) is 1.80. The van der Waals surface area contributed by atoms with Crippen molar-refractivity contribution in [2.24, 2.45) is 15.7 Å². The summed E-state index contributed by atoms with van der Waals surface area (Å²) in [5.41, 5.74) is 7.64. The van der Waals surface area contributed by atoms with Gasteiger partial charge in [-0.25, -0.2) is 9.38 Å². The molecule has 4 rings (SSSR count). The van der Waals surface area contributed by atoms with Gasteiger partial charge in [0.1, 0.15) is 5.82 Å². The fourth-order valence-corrected chi connectivity index (χ4v) is 3.39. The van der Waals surface area contributed by atoms with Gasteiger partial charge in [-0.3, -0.25) is 4.90 Å². The summed E-state index contributed by atoms with van der Waals surface area (Å²) in [5.74, 6) is 0.639. The number of nitrogens with zero attached hydrogens (tertiary/aromatic N) is 4. The first kappa shape index (κ1) is 20.2. The highest BCUT2D eigenvalue weighted by molar-refractivity contribution is 6.30. The van der Waals surface area contributed by atoms with Crippen LogP contribution in [0.4, 0.5) is 15.8 Å². The van der Waals surface area contributed by atoms with E-state index in [4.69, 9.17) is 17.3 Å². The molecule has 2 aliphatic heterocycles. The van der Waals surface area contributed by atoms with E-state index in [1.54, 1.807) is 24.3 Å². The Kier molecular flexibility index (Phi) is 6.26. The molecule has 3 N–H and O–H groups in total. The van der Waals surface area contributed by atoms with Crippen molar-refractivity contribution < 1.29 is 4.39 Å². The van der Waals surface area contributed by atoms with Crippen LogP contribution in [-0.2, 0) is 0 Å². The van der Waals surface area contributed by atoms with Gasteiger partial charge in [-0.1, -0.05) is 11.6 Å². The molecule has 28 heavy (non-hydrogen) atoms. The first-order valence-electron chi connectivity index (χ1n) is 8.84. The number of likely N-dealkylation sites (tertiary alicyclic amines) is 1. The summed E-state index contributed by atoms with van der Waals surface area (Å²) in [6, 6.07) is 13.6. The lowest BCUT2D eigenvalue weighted by Crippen LogP contribution is -2.54. The van der Waals surface area contributed by atoms with Crippen LogP contribution in [0.2, 0.25) is 5.02 Å². The van der Waals surface area contributed by atoms with E-state index in [1.807, 2.05) is 17.0 Å². The SMILES string of the molecule is Cl.NC1=NC(Nc2ccc(Cl)cc2)N(c2ccc(F)cc2)C(N2CCCC2)=N1. The Morgan fingerprint density at radius 3 is 2.32 bits per heavy atom. The molecule has 2 heterocycles. The fourth-order valence-electron chi connectivity index (χ4n) is 3.27. The lowest BCUT2D eigenvalue weighted by Gasteiger charge is -2.38. The molecule has 0 radical (unpaired) electrons. The quantitative estimate of drug-likeness (QED) is 0.786. The number of guanidine groups is 2. The average molecular weight is 423 g/mol. The topological polar surface area (TPSA) is 69.2 Å². The van der Waals surface area contributed by atoms with Crippen LogP contribution in [0.5, 0.6) is 0 Å². The zero-order valence-electron chi connectivity index (χ0n) is 15.1. The Labute approximate surface area is 174 Å². The third-order valence-electron chi connectivity index (χ3n) is 4.56. The monoisotopic (exact) mass is 422 g/mol. The number of nitrogens with two attached hydrogens (primary N) is 1. The molecule has 9 heteroatoms. The molecule has 148 valence electrons. The summed E-state index contributed by atoms with van der Waals surface area (Å²) in [5, 5.41) is 4.01. The second-order valence-electron chi connectivity index (χ2n) is 6.46. The normalized spacial score (nSPS) is 19.0. The highest BCUT2D eigenvalue weighted by Gasteiger charge is 2.32. The van der Waals surface area contributed by atoms with Crippen LogP contribution in [0.25, 0.3) is 0 Å². The molecular formula is C19H21Cl2FN6. The molecule has 0 aromatic heterocycles. The van der Waals surface area contributed by atoms with Crippen molar-refractivity contribution in [2.45, 2.75) is 19.1 Å². The Balaban J connectivity index is 0.00000225. The molecular weight excluding hydrogens is 402 g/mol. The van der Waals surface area contributed by atoms with Gasteiger partial charge in [-0.15, -0.1) is 12.4 Å². The van der Waals surface area contributed by atoms with E-state index in [1.165, 1.54) is 12.1 Å².